The van der Waals surface area contributed by atoms with E-state index in [4.69, 9.17) is 0 Å². The Morgan fingerprint density at radius 3 is 2.76 bits per heavy atom. The average Bonchev–Trinajstić information content (AvgIpc) is 3.08. The first-order valence-electron chi connectivity index (χ1n) is 9.65. The molecule has 0 spiro atoms. The van der Waals surface area contributed by atoms with Crippen molar-refractivity contribution in [1.82, 2.24) is 14.0 Å². The van der Waals surface area contributed by atoms with E-state index in [0.29, 0.717) is 25.2 Å². The van der Waals surface area contributed by atoms with Crippen LogP contribution in [0, 0.1) is 16.0 Å². The number of likely N-dealkylation sites (tertiary alicyclic amines) is 1. The highest BCUT2D eigenvalue weighted by Gasteiger charge is 2.37. The molecule has 1 aromatic carbocycles. The van der Waals surface area contributed by atoms with Gasteiger partial charge in [-0.3, -0.25) is 19.7 Å². The average molecular weight is 392 g/mol. The third-order valence-corrected chi connectivity index (χ3v) is 6.20. The highest BCUT2D eigenvalue weighted by atomic mass is 16.6. The number of nitro groups is 1. The van der Waals surface area contributed by atoms with E-state index in [-0.39, 0.29) is 17.7 Å². The standard InChI is InChI=1S/C21H20N4O4/c1-22-7-6-14-2-3-15(9-19(14)22)20(26)23-10-13-8-16(12-23)17-4-5-18(25(28)29)21(27)24(17)11-13/h2-7,9,13,16H,8,10-12H2,1H3/t13-,16?/m0/s1. The second-order valence-electron chi connectivity index (χ2n) is 8.03. The lowest BCUT2D eigenvalue weighted by atomic mass is 9.83. The number of fused-ring (bicyclic) bond motifs is 5. The zero-order valence-electron chi connectivity index (χ0n) is 15.9. The molecule has 2 aliphatic rings. The number of pyridine rings is 1. The van der Waals surface area contributed by atoms with Crippen LogP contribution in [0.4, 0.5) is 5.69 Å². The van der Waals surface area contributed by atoms with Crippen LogP contribution in [0.2, 0.25) is 0 Å². The van der Waals surface area contributed by atoms with Crippen molar-refractivity contribution in [3.05, 3.63) is 74.3 Å². The molecule has 0 radical (unpaired) electrons. The van der Waals surface area contributed by atoms with E-state index in [0.717, 1.165) is 23.0 Å². The number of hydrogen-bond donors (Lipinski definition) is 0. The molecule has 4 heterocycles. The summed E-state index contributed by atoms with van der Waals surface area (Å²) in [7, 11) is 1.95. The Kier molecular flexibility index (Phi) is 3.84. The van der Waals surface area contributed by atoms with E-state index in [1.54, 1.807) is 6.07 Å². The van der Waals surface area contributed by atoms with Crippen molar-refractivity contribution in [2.24, 2.45) is 13.0 Å². The normalized spacial score (nSPS) is 20.5. The Morgan fingerprint density at radius 2 is 1.97 bits per heavy atom. The summed E-state index contributed by atoms with van der Waals surface area (Å²) >= 11 is 0. The summed E-state index contributed by atoms with van der Waals surface area (Å²) in [6.07, 6.45) is 2.86. The number of piperidine rings is 1. The minimum Gasteiger partial charge on any atom is -0.351 e. The molecule has 3 aromatic rings. The second-order valence-corrected chi connectivity index (χ2v) is 8.03. The van der Waals surface area contributed by atoms with Crippen LogP contribution < -0.4 is 5.56 Å². The molecule has 8 nitrogen and oxygen atoms in total. The predicted octanol–water partition coefficient (Wildman–Crippen LogP) is 2.51. The molecule has 1 amide bonds. The predicted molar refractivity (Wildman–Crippen MR) is 107 cm³/mol. The van der Waals surface area contributed by atoms with E-state index < -0.39 is 16.2 Å². The van der Waals surface area contributed by atoms with Gasteiger partial charge in [0.15, 0.2) is 0 Å². The smallest absolute Gasteiger partial charge is 0.334 e. The summed E-state index contributed by atoms with van der Waals surface area (Å²) in [5.41, 5.74) is 1.51. The largest absolute Gasteiger partial charge is 0.351 e. The SMILES string of the molecule is Cn1ccc2ccc(C(=O)N3CC4C[C@@H](C3)Cn3c4ccc([N+](=O)[O-])c3=O)cc21. The molecule has 1 fully saturated rings. The minimum absolute atomic E-state index is 0.0127. The van der Waals surface area contributed by atoms with Crippen molar-refractivity contribution < 1.29 is 9.72 Å². The van der Waals surface area contributed by atoms with Gasteiger partial charge in [-0.25, -0.2) is 0 Å². The molecular weight excluding hydrogens is 372 g/mol. The summed E-state index contributed by atoms with van der Waals surface area (Å²) in [4.78, 5) is 38.0. The number of aryl methyl sites for hydroxylation is 1. The molecule has 29 heavy (non-hydrogen) atoms. The molecular formula is C21H20N4O4. The van der Waals surface area contributed by atoms with Gasteiger partial charge in [0, 0.05) is 61.6 Å². The van der Waals surface area contributed by atoms with Gasteiger partial charge in [-0.2, -0.15) is 0 Å². The fourth-order valence-corrected chi connectivity index (χ4v) is 4.82. The Balaban J connectivity index is 1.46. The lowest BCUT2D eigenvalue weighted by Crippen LogP contribution is -2.49. The van der Waals surface area contributed by atoms with Gasteiger partial charge in [0.05, 0.1) is 4.92 Å². The number of hydrogen-bond acceptors (Lipinski definition) is 4. The van der Waals surface area contributed by atoms with Crippen molar-refractivity contribution in [3.63, 3.8) is 0 Å². The Hall–Kier alpha value is -3.42. The molecule has 0 aliphatic carbocycles. The van der Waals surface area contributed by atoms with Crippen molar-refractivity contribution >= 4 is 22.5 Å². The van der Waals surface area contributed by atoms with E-state index >= 15 is 0 Å². The Morgan fingerprint density at radius 1 is 1.14 bits per heavy atom. The summed E-state index contributed by atoms with van der Waals surface area (Å²) in [6, 6.07) is 10.7. The van der Waals surface area contributed by atoms with Gasteiger partial charge in [0.25, 0.3) is 5.91 Å². The number of amides is 1. The van der Waals surface area contributed by atoms with Gasteiger partial charge < -0.3 is 14.0 Å². The van der Waals surface area contributed by atoms with Crippen LogP contribution in [0.25, 0.3) is 10.9 Å². The second kappa shape index (κ2) is 6.30. The molecule has 0 N–H and O–H groups in total. The first kappa shape index (κ1) is 17.7. The first-order chi connectivity index (χ1) is 13.9. The number of carbonyl (C=O) groups is 1. The number of carbonyl (C=O) groups excluding carboxylic acids is 1. The third kappa shape index (κ3) is 2.74. The van der Waals surface area contributed by atoms with Gasteiger partial charge in [-0.05, 0) is 42.0 Å². The van der Waals surface area contributed by atoms with E-state index in [1.807, 2.05) is 47.0 Å². The lowest BCUT2D eigenvalue weighted by molar-refractivity contribution is -0.386. The Bertz CT molecular complexity index is 1230. The van der Waals surface area contributed by atoms with Crippen LogP contribution in [0.3, 0.4) is 0 Å². The van der Waals surface area contributed by atoms with Gasteiger partial charge in [0.2, 0.25) is 0 Å². The van der Waals surface area contributed by atoms with Gasteiger partial charge in [0.1, 0.15) is 0 Å². The molecule has 2 aliphatic heterocycles. The molecule has 0 saturated carbocycles. The van der Waals surface area contributed by atoms with Crippen LogP contribution in [0.5, 0.6) is 0 Å². The first-order valence-corrected chi connectivity index (χ1v) is 9.65. The van der Waals surface area contributed by atoms with Crippen LogP contribution in [0.15, 0.2) is 47.4 Å². The minimum atomic E-state index is -0.629. The Labute approximate surface area is 166 Å². The number of aromatic nitrogens is 2. The molecule has 1 unspecified atom stereocenters. The quantitative estimate of drug-likeness (QED) is 0.495. The molecule has 1 saturated heterocycles. The monoisotopic (exact) mass is 392 g/mol. The topological polar surface area (TPSA) is 90.4 Å². The highest BCUT2D eigenvalue weighted by Crippen LogP contribution is 2.36. The van der Waals surface area contributed by atoms with E-state index in [9.17, 15) is 19.7 Å². The zero-order chi connectivity index (χ0) is 20.3. The number of rotatable bonds is 2. The summed E-state index contributed by atoms with van der Waals surface area (Å²) < 4.78 is 3.53. The lowest BCUT2D eigenvalue weighted by Gasteiger charge is -2.42. The zero-order valence-corrected chi connectivity index (χ0v) is 15.9. The van der Waals surface area contributed by atoms with E-state index in [1.165, 1.54) is 10.6 Å². The fraction of sp³-hybridized carbons (Fsp3) is 0.333. The summed E-state index contributed by atoms with van der Waals surface area (Å²) in [6.45, 7) is 1.47. The van der Waals surface area contributed by atoms with Crippen LogP contribution in [-0.2, 0) is 13.6 Å². The van der Waals surface area contributed by atoms with Gasteiger partial charge >= 0.3 is 11.2 Å². The molecule has 2 bridgehead atoms. The van der Waals surface area contributed by atoms with Crippen molar-refractivity contribution in [1.29, 1.82) is 0 Å². The van der Waals surface area contributed by atoms with Crippen molar-refractivity contribution in [2.45, 2.75) is 18.9 Å². The number of nitrogens with zero attached hydrogens (tertiary/aromatic N) is 4. The third-order valence-electron chi connectivity index (χ3n) is 6.20. The molecule has 2 atom stereocenters. The molecule has 8 heteroatoms. The maximum absolute atomic E-state index is 13.2. The van der Waals surface area contributed by atoms with Gasteiger partial charge in [-0.1, -0.05) is 6.07 Å². The van der Waals surface area contributed by atoms with Crippen LogP contribution >= 0.6 is 0 Å². The molecule has 148 valence electrons. The molecule has 2 aromatic heterocycles. The van der Waals surface area contributed by atoms with Crippen LogP contribution in [-0.4, -0.2) is 38.0 Å². The van der Waals surface area contributed by atoms with Crippen molar-refractivity contribution in [3.8, 4) is 0 Å². The highest BCUT2D eigenvalue weighted by molar-refractivity contribution is 5.98. The van der Waals surface area contributed by atoms with Gasteiger partial charge in [-0.15, -0.1) is 0 Å². The van der Waals surface area contributed by atoms with E-state index in [2.05, 4.69) is 0 Å². The maximum atomic E-state index is 13.2. The fourth-order valence-electron chi connectivity index (χ4n) is 4.82. The maximum Gasteiger partial charge on any atom is 0.334 e. The van der Waals surface area contributed by atoms with Crippen LogP contribution in [0.1, 0.15) is 28.4 Å². The summed E-state index contributed by atoms with van der Waals surface area (Å²) in [5.74, 6) is 0.114. The molecule has 5 rings (SSSR count). The number of benzene rings is 1. The summed E-state index contributed by atoms with van der Waals surface area (Å²) in [5, 5.41) is 12.2. The van der Waals surface area contributed by atoms with Crippen molar-refractivity contribution in [2.75, 3.05) is 13.1 Å².